The Morgan fingerprint density at radius 2 is 2.32 bits per heavy atom. The molecule has 104 valence electrons. The van der Waals surface area contributed by atoms with Crippen LogP contribution < -0.4 is 10.5 Å². The van der Waals surface area contributed by atoms with Gasteiger partial charge < -0.3 is 20.1 Å². The summed E-state index contributed by atoms with van der Waals surface area (Å²) in [5.41, 5.74) is 6.82. The van der Waals surface area contributed by atoms with Gasteiger partial charge >= 0.3 is 0 Å². The molecule has 2 rings (SSSR count). The van der Waals surface area contributed by atoms with Crippen molar-refractivity contribution < 1.29 is 14.3 Å². The number of nitrogens with zero attached hydrogens (tertiary/aromatic N) is 1. The van der Waals surface area contributed by atoms with Gasteiger partial charge in [-0.3, -0.25) is 4.79 Å². The summed E-state index contributed by atoms with van der Waals surface area (Å²) < 4.78 is 10.7. The average molecular weight is 264 g/mol. The monoisotopic (exact) mass is 264 g/mol. The number of hydrogen-bond acceptors (Lipinski definition) is 4. The first-order valence-electron chi connectivity index (χ1n) is 6.42. The summed E-state index contributed by atoms with van der Waals surface area (Å²) in [5.74, 6) is 0.523. The largest absolute Gasteiger partial charge is 0.497 e. The van der Waals surface area contributed by atoms with Crippen LogP contribution in [0.15, 0.2) is 18.2 Å². The van der Waals surface area contributed by atoms with Crippen LogP contribution in [0.4, 0.5) is 5.69 Å². The lowest BCUT2D eigenvalue weighted by molar-refractivity contribution is 0.0587. The van der Waals surface area contributed by atoms with Crippen LogP contribution in [0.25, 0.3) is 0 Å². The molecule has 0 aliphatic carbocycles. The van der Waals surface area contributed by atoms with Crippen LogP contribution in [0.5, 0.6) is 5.75 Å². The van der Waals surface area contributed by atoms with Gasteiger partial charge in [-0.05, 0) is 25.0 Å². The Balaban J connectivity index is 2.07. The number of carbonyl (C=O) groups excluding carboxylic acids is 1. The molecule has 5 nitrogen and oxygen atoms in total. The van der Waals surface area contributed by atoms with E-state index < -0.39 is 0 Å². The molecular formula is C14H20N2O3. The van der Waals surface area contributed by atoms with Crippen molar-refractivity contribution >= 4 is 11.6 Å². The van der Waals surface area contributed by atoms with Crippen LogP contribution >= 0.6 is 0 Å². The number of nitrogen functional groups attached to an aromatic ring is 1. The molecule has 1 saturated heterocycles. The number of benzene rings is 1. The normalized spacial score (nSPS) is 18.3. The first-order valence-corrected chi connectivity index (χ1v) is 6.42. The Kier molecular flexibility index (Phi) is 4.27. The van der Waals surface area contributed by atoms with Gasteiger partial charge in [-0.2, -0.15) is 0 Å². The third kappa shape index (κ3) is 3.38. The Hall–Kier alpha value is -1.75. The molecule has 1 heterocycles. The van der Waals surface area contributed by atoms with Crippen LogP contribution in [0, 0.1) is 0 Å². The lowest BCUT2D eigenvalue weighted by atomic mass is 10.1. The van der Waals surface area contributed by atoms with E-state index >= 15 is 0 Å². The molecule has 0 saturated carbocycles. The number of methoxy groups -OCH3 is 1. The number of amides is 1. The number of ether oxygens (including phenoxy) is 2. The average Bonchev–Trinajstić information content (AvgIpc) is 2.89. The molecule has 0 spiro atoms. The molecule has 5 heteroatoms. The second kappa shape index (κ2) is 5.93. The molecule has 0 radical (unpaired) electrons. The summed E-state index contributed by atoms with van der Waals surface area (Å²) in [6, 6.07) is 5.05. The van der Waals surface area contributed by atoms with E-state index in [1.54, 1.807) is 37.3 Å². The van der Waals surface area contributed by atoms with Crippen molar-refractivity contribution in [3.05, 3.63) is 23.8 Å². The van der Waals surface area contributed by atoms with Crippen LogP contribution in [-0.4, -0.2) is 44.2 Å². The molecule has 19 heavy (non-hydrogen) atoms. The predicted octanol–water partition coefficient (Wildman–Crippen LogP) is 1.53. The zero-order valence-electron chi connectivity index (χ0n) is 11.4. The topological polar surface area (TPSA) is 64.8 Å². The minimum absolute atomic E-state index is 0.0684. The van der Waals surface area contributed by atoms with Gasteiger partial charge in [-0.25, -0.2) is 0 Å². The SMILES string of the molecule is COc1cc(N)cc(C(=O)N(C)CC2CCCO2)c1. The highest BCUT2D eigenvalue weighted by molar-refractivity contribution is 5.95. The van der Waals surface area contributed by atoms with Crippen LogP contribution in [0.1, 0.15) is 23.2 Å². The van der Waals surface area contributed by atoms with E-state index in [0.717, 1.165) is 19.4 Å². The third-order valence-corrected chi connectivity index (χ3v) is 3.26. The fourth-order valence-corrected chi connectivity index (χ4v) is 2.26. The van der Waals surface area contributed by atoms with Crippen molar-refractivity contribution in [1.29, 1.82) is 0 Å². The molecular weight excluding hydrogens is 244 g/mol. The molecule has 0 bridgehead atoms. The zero-order chi connectivity index (χ0) is 13.8. The highest BCUT2D eigenvalue weighted by atomic mass is 16.5. The van der Waals surface area contributed by atoms with E-state index in [-0.39, 0.29) is 12.0 Å². The Morgan fingerprint density at radius 1 is 1.53 bits per heavy atom. The highest BCUT2D eigenvalue weighted by Gasteiger charge is 2.21. The molecule has 1 atom stereocenters. The second-order valence-electron chi connectivity index (χ2n) is 4.82. The van der Waals surface area contributed by atoms with E-state index in [2.05, 4.69) is 0 Å². The summed E-state index contributed by atoms with van der Waals surface area (Å²) in [5, 5.41) is 0. The number of likely N-dealkylation sites (N-methyl/N-ethyl adjacent to an activating group) is 1. The molecule has 1 fully saturated rings. The Morgan fingerprint density at radius 3 is 2.95 bits per heavy atom. The van der Waals surface area contributed by atoms with Gasteiger partial charge in [-0.15, -0.1) is 0 Å². The minimum atomic E-state index is -0.0684. The van der Waals surface area contributed by atoms with E-state index in [1.165, 1.54) is 0 Å². The maximum atomic E-state index is 12.3. The van der Waals surface area contributed by atoms with Crippen molar-refractivity contribution in [3.63, 3.8) is 0 Å². The van der Waals surface area contributed by atoms with Crippen LogP contribution in [0.3, 0.4) is 0 Å². The zero-order valence-corrected chi connectivity index (χ0v) is 11.4. The molecule has 0 aromatic heterocycles. The third-order valence-electron chi connectivity index (χ3n) is 3.26. The second-order valence-corrected chi connectivity index (χ2v) is 4.82. The Labute approximate surface area is 113 Å². The highest BCUT2D eigenvalue weighted by Crippen LogP contribution is 2.20. The van der Waals surface area contributed by atoms with Gasteiger partial charge in [-0.1, -0.05) is 0 Å². The van der Waals surface area contributed by atoms with Crippen molar-refractivity contribution in [1.82, 2.24) is 4.90 Å². The quantitative estimate of drug-likeness (QED) is 0.838. The molecule has 1 aliphatic heterocycles. The van der Waals surface area contributed by atoms with Crippen molar-refractivity contribution in [2.45, 2.75) is 18.9 Å². The lowest BCUT2D eigenvalue weighted by Crippen LogP contribution is -2.34. The molecule has 1 amide bonds. The fraction of sp³-hybridized carbons (Fsp3) is 0.500. The number of anilines is 1. The van der Waals surface area contributed by atoms with E-state index in [1.807, 2.05) is 0 Å². The summed E-state index contributed by atoms with van der Waals surface area (Å²) in [4.78, 5) is 14.0. The van der Waals surface area contributed by atoms with Crippen molar-refractivity contribution in [2.24, 2.45) is 0 Å². The van der Waals surface area contributed by atoms with E-state index in [0.29, 0.717) is 23.5 Å². The molecule has 1 unspecified atom stereocenters. The van der Waals surface area contributed by atoms with Crippen LogP contribution in [0.2, 0.25) is 0 Å². The lowest BCUT2D eigenvalue weighted by Gasteiger charge is -2.21. The van der Waals surface area contributed by atoms with Crippen molar-refractivity contribution in [3.8, 4) is 5.75 Å². The maximum absolute atomic E-state index is 12.3. The fourth-order valence-electron chi connectivity index (χ4n) is 2.26. The summed E-state index contributed by atoms with van der Waals surface area (Å²) in [7, 11) is 3.33. The first-order chi connectivity index (χ1) is 9.10. The van der Waals surface area contributed by atoms with Crippen molar-refractivity contribution in [2.75, 3.05) is 33.0 Å². The first kappa shape index (κ1) is 13.7. The number of rotatable bonds is 4. The van der Waals surface area contributed by atoms with Gasteiger partial charge in [0.1, 0.15) is 5.75 Å². The van der Waals surface area contributed by atoms with Gasteiger partial charge in [0.2, 0.25) is 0 Å². The van der Waals surface area contributed by atoms with Crippen LogP contribution in [-0.2, 0) is 4.74 Å². The summed E-state index contributed by atoms with van der Waals surface area (Å²) >= 11 is 0. The minimum Gasteiger partial charge on any atom is -0.497 e. The smallest absolute Gasteiger partial charge is 0.253 e. The standard InChI is InChI=1S/C14H20N2O3/c1-16(9-12-4-3-5-19-12)14(17)10-6-11(15)8-13(7-10)18-2/h6-8,12H,3-5,9,15H2,1-2H3. The van der Waals surface area contributed by atoms with Gasteiger partial charge in [0.25, 0.3) is 5.91 Å². The molecule has 1 aromatic rings. The van der Waals surface area contributed by atoms with Gasteiger partial charge in [0.15, 0.2) is 0 Å². The number of hydrogen-bond donors (Lipinski definition) is 1. The summed E-state index contributed by atoms with van der Waals surface area (Å²) in [6.45, 7) is 1.40. The van der Waals surface area contributed by atoms with Gasteiger partial charge in [0.05, 0.1) is 13.2 Å². The number of nitrogens with two attached hydrogens (primary N) is 1. The van der Waals surface area contributed by atoms with E-state index in [4.69, 9.17) is 15.2 Å². The number of carbonyl (C=O) groups is 1. The predicted molar refractivity (Wildman–Crippen MR) is 73.3 cm³/mol. The maximum Gasteiger partial charge on any atom is 0.253 e. The van der Waals surface area contributed by atoms with E-state index in [9.17, 15) is 4.79 Å². The molecule has 2 N–H and O–H groups in total. The molecule has 1 aromatic carbocycles. The summed E-state index contributed by atoms with van der Waals surface area (Å²) in [6.07, 6.45) is 2.23. The van der Waals surface area contributed by atoms with Gasteiger partial charge in [0, 0.05) is 37.5 Å². The Bertz CT molecular complexity index is 456. The molecule has 1 aliphatic rings.